The monoisotopic (exact) mass is 289 g/mol. The summed E-state index contributed by atoms with van der Waals surface area (Å²) in [6.45, 7) is 7.82. The van der Waals surface area contributed by atoms with E-state index in [1.807, 2.05) is 0 Å². The van der Waals surface area contributed by atoms with Crippen LogP contribution in [-0.4, -0.2) is 53.5 Å². The number of hydrogen-bond acceptors (Lipinski definition) is 2. The van der Waals surface area contributed by atoms with Crippen molar-refractivity contribution in [3.8, 4) is 0 Å². The molecule has 0 N–H and O–H groups in total. The Kier molecular flexibility index (Phi) is 5.96. The molecule has 0 radical (unpaired) electrons. The Labute approximate surface area is 91.8 Å². The second kappa shape index (κ2) is 5.62. The number of likely N-dealkylation sites (N-methyl/N-ethyl adjacent to an activating group) is 1. The van der Waals surface area contributed by atoms with E-state index < -0.39 is 21.9 Å². The average Bonchev–Trinajstić information content (AvgIpc) is 1.81. The average molecular weight is 289 g/mol. The Balaban J connectivity index is 4.20. The third-order valence-electron chi connectivity index (χ3n) is 1.93. The number of nitrogens with zero attached hydrogens (tertiary/aromatic N) is 1. The second-order valence-electron chi connectivity index (χ2n) is 5.30. The van der Waals surface area contributed by atoms with Crippen molar-refractivity contribution in [3.63, 3.8) is 0 Å². The van der Waals surface area contributed by atoms with Crippen LogP contribution in [0.4, 0.5) is 0 Å². The molecule has 2 nitrogen and oxygen atoms in total. The fourth-order valence-corrected chi connectivity index (χ4v) is 4.47. The molecule has 0 aromatic rings. The predicted molar refractivity (Wildman–Crippen MR) is 60.4 cm³/mol. The molecule has 0 aromatic heterocycles. The van der Waals surface area contributed by atoms with Gasteiger partial charge in [0.2, 0.25) is 0 Å². The minimum atomic E-state index is -1.54. The first kappa shape index (κ1) is 13.8. The van der Waals surface area contributed by atoms with Gasteiger partial charge in [-0.1, -0.05) is 0 Å². The van der Waals surface area contributed by atoms with E-state index in [9.17, 15) is 0 Å². The van der Waals surface area contributed by atoms with E-state index in [0.29, 0.717) is 6.10 Å². The van der Waals surface area contributed by atoms with E-state index in [0.717, 1.165) is 6.54 Å². The van der Waals surface area contributed by atoms with Crippen molar-refractivity contribution in [2.45, 2.75) is 36.2 Å². The first-order chi connectivity index (χ1) is 5.73. The third kappa shape index (κ3) is 6.81. The Morgan fingerprint density at radius 2 is 1.69 bits per heavy atom. The van der Waals surface area contributed by atoms with Gasteiger partial charge in [-0.3, -0.25) is 0 Å². The molecule has 1 unspecified atom stereocenters. The molecule has 0 bridgehead atoms. The third-order valence-corrected chi connectivity index (χ3v) is 4.42. The normalized spacial score (nSPS) is 14.8. The summed E-state index contributed by atoms with van der Waals surface area (Å²) in [5.74, 6) is 0. The van der Waals surface area contributed by atoms with Crippen molar-refractivity contribution >= 4 is 21.9 Å². The Hall–Kier alpha value is 0.790. The van der Waals surface area contributed by atoms with Gasteiger partial charge in [-0.05, 0) is 0 Å². The van der Waals surface area contributed by atoms with Crippen molar-refractivity contribution in [1.82, 2.24) is 4.90 Å². The SMILES string of the molecule is CN(C)CC([O][In]([CH3])[CH3])C(C)(C)C. The van der Waals surface area contributed by atoms with Crippen LogP contribution in [0.15, 0.2) is 0 Å². The quantitative estimate of drug-likeness (QED) is 0.787. The van der Waals surface area contributed by atoms with Gasteiger partial charge in [0.1, 0.15) is 0 Å². The van der Waals surface area contributed by atoms with Crippen molar-refractivity contribution in [3.05, 3.63) is 0 Å². The number of rotatable bonds is 4. The Morgan fingerprint density at radius 1 is 1.23 bits per heavy atom. The molecular weight excluding hydrogens is 265 g/mol. The van der Waals surface area contributed by atoms with Gasteiger partial charge in [-0.2, -0.15) is 0 Å². The molecule has 1 atom stereocenters. The van der Waals surface area contributed by atoms with Crippen LogP contribution in [-0.2, 0) is 2.85 Å². The van der Waals surface area contributed by atoms with Crippen molar-refractivity contribution < 1.29 is 2.85 Å². The fourth-order valence-electron chi connectivity index (χ4n) is 1.18. The van der Waals surface area contributed by atoms with Crippen LogP contribution in [0.1, 0.15) is 20.8 Å². The summed E-state index contributed by atoms with van der Waals surface area (Å²) in [4.78, 5) is 2.21. The van der Waals surface area contributed by atoms with Crippen LogP contribution >= 0.6 is 0 Å². The van der Waals surface area contributed by atoms with Crippen LogP contribution in [0.5, 0.6) is 0 Å². The number of hydrogen-bond donors (Lipinski definition) is 0. The second-order valence-corrected chi connectivity index (χ2v) is 12.1. The van der Waals surface area contributed by atoms with Gasteiger partial charge in [-0.25, -0.2) is 0 Å². The van der Waals surface area contributed by atoms with Gasteiger partial charge >= 0.3 is 91.9 Å². The maximum absolute atomic E-state index is 6.09. The van der Waals surface area contributed by atoms with E-state index >= 15 is 0 Å². The minimum absolute atomic E-state index is 0.269. The summed E-state index contributed by atoms with van der Waals surface area (Å²) < 4.78 is 10.7. The molecule has 0 aromatic carbocycles. The molecule has 13 heavy (non-hydrogen) atoms. The standard InChI is InChI=1S/C8H18NO.2CH3.In/c1-8(2,3)7(10)6-9(4)5;;;/h7H,6H2,1-5H3;2*1H3;/q-1;;;+1. The molecule has 3 heteroatoms. The van der Waals surface area contributed by atoms with Gasteiger partial charge in [0, 0.05) is 0 Å². The summed E-state index contributed by atoms with van der Waals surface area (Å²) >= 11 is -1.54. The molecule has 0 saturated heterocycles. The van der Waals surface area contributed by atoms with E-state index in [4.69, 9.17) is 2.85 Å². The molecule has 0 spiro atoms. The van der Waals surface area contributed by atoms with Gasteiger partial charge in [-0.15, -0.1) is 0 Å². The zero-order chi connectivity index (χ0) is 10.6. The summed E-state index contributed by atoms with van der Waals surface area (Å²) in [7, 11) is 4.22. The van der Waals surface area contributed by atoms with Gasteiger partial charge in [0.15, 0.2) is 0 Å². The Bertz CT molecular complexity index is 130. The topological polar surface area (TPSA) is 12.5 Å². The summed E-state index contributed by atoms with van der Waals surface area (Å²) in [5.41, 5.74) is 0.269. The predicted octanol–water partition coefficient (Wildman–Crippen LogP) is 2.23. The summed E-state index contributed by atoms with van der Waals surface area (Å²) in [6.07, 6.45) is 0.401. The molecule has 0 heterocycles. The first-order valence-corrected chi connectivity index (χ1v) is 13.0. The molecule has 0 saturated carbocycles. The van der Waals surface area contributed by atoms with E-state index in [2.05, 4.69) is 49.1 Å². The molecule has 0 aliphatic carbocycles. The van der Waals surface area contributed by atoms with Crippen LogP contribution < -0.4 is 0 Å². The zero-order valence-electron chi connectivity index (χ0n) is 10.2. The van der Waals surface area contributed by atoms with Gasteiger partial charge in [0.25, 0.3) is 0 Å². The van der Waals surface area contributed by atoms with E-state index in [1.54, 1.807) is 0 Å². The summed E-state index contributed by atoms with van der Waals surface area (Å²) in [6, 6.07) is 0. The molecule has 0 aliphatic rings. The van der Waals surface area contributed by atoms with E-state index in [-0.39, 0.29) is 5.41 Å². The fraction of sp³-hybridized carbons (Fsp3) is 1.00. The van der Waals surface area contributed by atoms with Crippen molar-refractivity contribution in [1.29, 1.82) is 0 Å². The van der Waals surface area contributed by atoms with Crippen molar-refractivity contribution in [2.24, 2.45) is 5.41 Å². The maximum atomic E-state index is 6.09. The van der Waals surface area contributed by atoms with Gasteiger partial charge in [0.05, 0.1) is 0 Å². The summed E-state index contributed by atoms with van der Waals surface area (Å²) in [5, 5.41) is 0. The molecule has 78 valence electrons. The van der Waals surface area contributed by atoms with E-state index in [1.165, 1.54) is 0 Å². The molecule has 0 aliphatic heterocycles. The van der Waals surface area contributed by atoms with Gasteiger partial charge < -0.3 is 0 Å². The Morgan fingerprint density at radius 3 is 1.92 bits per heavy atom. The molecular formula is C10H24InNO. The molecule has 0 amide bonds. The zero-order valence-corrected chi connectivity index (χ0v) is 13.5. The van der Waals surface area contributed by atoms with Crippen LogP contribution in [0, 0.1) is 5.41 Å². The first-order valence-electron chi connectivity index (χ1n) is 5.03. The van der Waals surface area contributed by atoms with Crippen LogP contribution in [0.25, 0.3) is 0 Å². The van der Waals surface area contributed by atoms with Crippen LogP contribution in [0.2, 0.25) is 9.36 Å². The van der Waals surface area contributed by atoms with Crippen LogP contribution in [0.3, 0.4) is 0 Å². The van der Waals surface area contributed by atoms with Crippen molar-refractivity contribution in [2.75, 3.05) is 20.6 Å². The molecule has 0 fully saturated rings. The molecule has 0 rings (SSSR count).